The van der Waals surface area contributed by atoms with Gasteiger partial charge < -0.3 is 26.1 Å². The Bertz CT molecular complexity index is 1460. The van der Waals surface area contributed by atoms with Crippen molar-refractivity contribution < 1.29 is 14.3 Å². The van der Waals surface area contributed by atoms with E-state index in [2.05, 4.69) is 21.3 Å². The van der Waals surface area contributed by atoms with Crippen LogP contribution in [0.5, 0.6) is 5.75 Å². The Morgan fingerprint density at radius 2 is 1.98 bits per heavy atom. The van der Waals surface area contributed by atoms with Crippen LogP contribution < -0.4 is 21.5 Å². The summed E-state index contributed by atoms with van der Waals surface area (Å²) in [7, 11) is 0. The molecule has 0 spiro atoms. The molecule has 0 saturated carbocycles. The van der Waals surface area contributed by atoms with Crippen LogP contribution in [0.2, 0.25) is 0 Å². The minimum atomic E-state index is -0.494. The largest absolute Gasteiger partial charge is 0.458 e. The molecule has 1 saturated heterocycles. The molecule has 3 aromatic rings. The van der Waals surface area contributed by atoms with E-state index >= 15 is 0 Å². The fourth-order valence-corrected chi connectivity index (χ4v) is 5.20. The summed E-state index contributed by atoms with van der Waals surface area (Å²) in [5.41, 5.74) is 16.3. The number of carbonyl (C=O) groups excluding carboxylic acids is 2. The molecule has 0 bridgehead atoms. The molecule has 208 valence electrons. The van der Waals surface area contributed by atoms with Gasteiger partial charge in [0.15, 0.2) is 0 Å². The highest BCUT2D eigenvalue weighted by Gasteiger charge is 2.22. The maximum Gasteiger partial charge on any atom is 0.252 e. The number of ether oxygens (including phenoxy) is 1. The molecule has 2 aliphatic rings. The van der Waals surface area contributed by atoms with Gasteiger partial charge in [-0.25, -0.2) is 4.98 Å². The molecule has 9 nitrogen and oxygen atoms in total. The lowest BCUT2D eigenvalue weighted by molar-refractivity contribution is -0.113. The highest BCUT2D eigenvalue weighted by atomic mass is 16.5. The van der Waals surface area contributed by atoms with E-state index in [1.54, 1.807) is 36.7 Å². The molecule has 2 amide bonds. The zero-order chi connectivity index (χ0) is 28.2. The van der Waals surface area contributed by atoms with E-state index in [9.17, 15) is 9.59 Å². The molecule has 5 N–H and O–H groups in total. The second-order valence-electron chi connectivity index (χ2n) is 10.7. The Morgan fingerprint density at radius 3 is 2.67 bits per heavy atom. The number of amides is 2. The Morgan fingerprint density at radius 1 is 1.18 bits per heavy atom. The summed E-state index contributed by atoms with van der Waals surface area (Å²) in [5.74, 6) is 0.507. The molecule has 2 heterocycles. The number of hydrogen-bond donors (Lipinski definition) is 3. The molecule has 9 heteroatoms. The molecule has 2 aromatic carbocycles. The number of aromatic nitrogens is 2. The van der Waals surface area contributed by atoms with Crippen LogP contribution in [-0.2, 0) is 11.3 Å². The molecule has 1 unspecified atom stereocenters. The maximum absolute atomic E-state index is 13.5. The van der Waals surface area contributed by atoms with Crippen LogP contribution in [0.3, 0.4) is 0 Å². The van der Waals surface area contributed by atoms with Gasteiger partial charge >= 0.3 is 0 Å². The lowest BCUT2D eigenvalue weighted by Gasteiger charge is -2.31. The van der Waals surface area contributed by atoms with Crippen molar-refractivity contribution in [3.8, 4) is 11.4 Å². The molecular weight excluding hydrogens is 504 g/mol. The van der Waals surface area contributed by atoms with E-state index in [1.807, 2.05) is 42.8 Å². The molecule has 0 radical (unpaired) electrons. The highest BCUT2D eigenvalue weighted by Crippen LogP contribution is 2.28. The van der Waals surface area contributed by atoms with Gasteiger partial charge in [0.1, 0.15) is 11.5 Å². The van der Waals surface area contributed by atoms with Gasteiger partial charge in [0, 0.05) is 47.8 Å². The number of primary amides is 1. The summed E-state index contributed by atoms with van der Waals surface area (Å²) in [5, 5.41) is 3.13. The number of aryl methyl sites for hydroxylation is 1. The number of imidazole rings is 1. The van der Waals surface area contributed by atoms with Crippen molar-refractivity contribution in [1.82, 2.24) is 14.5 Å². The Labute approximate surface area is 234 Å². The monoisotopic (exact) mass is 540 g/mol. The first-order valence-electron chi connectivity index (χ1n) is 13.7. The second kappa shape index (κ2) is 11.9. The summed E-state index contributed by atoms with van der Waals surface area (Å²) in [4.78, 5) is 31.6. The zero-order valence-corrected chi connectivity index (χ0v) is 23.0. The number of benzene rings is 2. The summed E-state index contributed by atoms with van der Waals surface area (Å²) in [6, 6.07) is 12.9. The van der Waals surface area contributed by atoms with Crippen LogP contribution in [0.25, 0.3) is 5.69 Å². The van der Waals surface area contributed by atoms with Gasteiger partial charge in [0.05, 0.1) is 12.0 Å². The lowest BCUT2D eigenvalue weighted by atomic mass is 9.92. The van der Waals surface area contributed by atoms with Crippen molar-refractivity contribution in [2.45, 2.75) is 45.7 Å². The minimum Gasteiger partial charge on any atom is -0.458 e. The fourth-order valence-electron chi connectivity index (χ4n) is 5.20. The lowest BCUT2D eigenvalue weighted by Crippen LogP contribution is -2.42. The average molecular weight is 541 g/mol. The third-order valence-corrected chi connectivity index (χ3v) is 7.33. The Hall–Kier alpha value is -4.21. The number of carbonyl (C=O) groups is 2. The summed E-state index contributed by atoms with van der Waals surface area (Å²) in [6.45, 7) is 6.60. The first-order chi connectivity index (χ1) is 19.2. The third kappa shape index (κ3) is 6.67. The highest BCUT2D eigenvalue weighted by molar-refractivity contribution is 6.04. The molecule has 1 aliphatic heterocycles. The van der Waals surface area contributed by atoms with Crippen molar-refractivity contribution >= 4 is 17.5 Å². The first-order valence-corrected chi connectivity index (χ1v) is 13.7. The summed E-state index contributed by atoms with van der Waals surface area (Å²) >= 11 is 0. The standard InChI is InChI=1S/C31H36N6O3/c1-20-5-8-28(40-27-9-6-23(7-10-27)30(33)38)15-29(20)31(39)35-25-12-22(17-36-11-3-4-24(32)18-36)13-26(14-25)37-16-21(2)34-19-37/h6-10,12-16,19-20,24H,3-5,11,17-18,32H2,1-2H3,(H2,33,38)(H,35,39)/t20?,24-/m0/s1. The van der Waals surface area contributed by atoms with Crippen molar-refractivity contribution in [2.24, 2.45) is 17.4 Å². The molecular formula is C31H36N6O3. The van der Waals surface area contributed by atoms with Crippen LogP contribution >= 0.6 is 0 Å². The van der Waals surface area contributed by atoms with E-state index in [4.69, 9.17) is 16.2 Å². The number of nitrogens with one attached hydrogen (secondary N) is 1. The quantitative estimate of drug-likeness (QED) is 0.395. The van der Waals surface area contributed by atoms with Crippen LogP contribution in [-0.4, -0.2) is 45.4 Å². The van der Waals surface area contributed by atoms with Gasteiger partial charge in [-0.15, -0.1) is 0 Å². The number of nitrogens with zero attached hydrogens (tertiary/aromatic N) is 3. The SMILES string of the molecule is Cc1cn(-c2cc(CN3CCC[C@H](N)C3)cc(NC(=O)C3=CC(Oc4ccc(C(N)=O)cc4)=CCC3C)c2)cn1. The molecule has 1 aliphatic carbocycles. The third-order valence-electron chi connectivity index (χ3n) is 7.33. The zero-order valence-electron chi connectivity index (χ0n) is 23.0. The van der Waals surface area contributed by atoms with Gasteiger partial charge in [-0.2, -0.15) is 0 Å². The van der Waals surface area contributed by atoms with Crippen molar-refractivity contribution in [2.75, 3.05) is 18.4 Å². The van der Waals surface area contributed by atoms with E-state index in [0.717, 1.165) is 55.1 Å². The predicted molar refractivity (Wildman–Crippen MR) is 155 cm³/mol. The maximum atomic E-state index is 13.5. The fraction of sp³-hybridized carbons (Fsp3) is 0.323. The van der Waals surface area contributed by atoms with Crippen LogP contribution in [0.4, 0.5) is 5.69 Å². The average Bonchev–Trinajstić information content (AvgIpc) is 3.36. The molecule has 2 atom stereocenters. The van der Waals surface area contributed by atoms with Crippen molar-refractivity contribution in [1.29, 1.82) is 0 Å². The molecule has 1 fully saturated rings. The van der Waals surface area contributed by atoms with E-state index in [1.165, 1.54) is 0 Å². The first kappa shape index (κ1) is 27.4. The number of hydrogen-bond acceptors (Lipinski definition) is 6. The topological polar surface area (TPSA) is 128 Å². The molecule has 40 heavy (non-hydrogen) atoms. The van der Waals surface area contributed by atoms with Gasteiger partial charge in [-0.05, 0) is 98.8 Å². The minimum absolute atomic E-state index is 0.0263. The van der Waals surface area contributed by atoms with Gasteiger partial charge in [0.25, 0.3) is 5.91 Å². The number of rotatable bonds is 8. The van der Waals surface area contributed by atoms with Crippen LogP contribution in [0, 0.1) is 12.8 Å². The number of piperidine rings is 1. The van der Waals surface area contributed by atoms with Crippen LogP contribution in [0.15, 0.2) is 78.5 Å². The smallest absolute Gasteiger partial charge is 0.252 e. The van der Waals surface area contributed by atoms with Crippen molar-refractivity contribution in [3.63, 3.8) is 0 Å². The summed E-state index contributed by atoms with van der Waals surface area (Å²) < 4.78 is 7.96. The molecule has 1 aromatic heterocycles. The second-order valence-corrected chi connectivity index (χ2v) is 10.7. The number of likely N-dealkylation sites (tertiary alicyclic amines) is 1. The molecule has 5 rings (SSSR count). The summed E-state index contributed by atoms with van der Waals surface area (Å²) in [6.07, 6.45) is 10.3. The number of allylic oxidation sites excluding steroid dienone is 2. The Kier molecular flexibility index (Phi) is 8.14. The van der Waals surface area contributed by atoms with Gasteiger partial charge in [0.2, 0.25) is 5.91 Å². The normalized spacial score (nSPS) is 19.5. The Balaban J connectivity index is 1.36. The van der Waals surface area contributed by atoms with Crippen molar-refractivity contribution in [3.05, 3.63) is 95.3 Å². The van der Waals surface area contributed by atoms with Gasteiger partial charge in [-0.3, -0.25) is 14.5 Å². The van der Waals surface area contributed by atoms with Crippen LogP contribution in [0.1, 0.15) is 47.8 Å². The predicted octanol–water partition coefficient (Wildman–Crippen LogP) is 4.07. The van der Waals surface area contributed by atoms with E-state index < -0.39 is 5.91 Å². The van der Waals surface area contributed by atoms with E-state index in [0.29, 0.717) is 29.1 Å². The van der Waals surface area contributed by atoms with E-state index in [-0.39, 0.29) is 17.9 Å². The van der Waals surface area contributed by atoms with Gasteiger partial charge in [-0.1, -0.05) is 6.92 Å². The number of anilines is 1. The number of nitrogens with two attached hydrogens (primary N) is 2.